The molecule has 3 rings (SSSR count). The lowest BCUT2D eigenvalue weighted by atomic mass is 9.86. The predicted molar refractivity (Wildman–Crippen MR) is 111 cm³/mol. The quantitative estimate of drug-likeness (QED) is 0.662. The molecule has 0 amide bonds. The van der Waals surface area contributed by atoms with Crippen LogP contribution in [-0.4, -0.2) is 40.9 Å². The molecule has 0 radical (unpaired) electrons. The summed E-state index contributed by atoms with van der Waals surface area (Å²) in [6, 6.07) is 8.12. The van der Waals surface area contributed by atoms with E-state index in [2.05, 4.69) is 0 Å². The second-order valence-electron chi connectivity index (χ2n) is 7.82. The van der Waals surface area contributed by atoms with Crippen LogP contribution in [0.5, 0.6) is 0 Å². The fraction of sp³-hybridized carbons (Fsp3) is 0.286. The molecule has 9 heteroatoms. The highest BCUT2D eigenvalue weighted by atomic mass is 32.2. The van der Waals surface area contributed by atoms with Gasteiger partial charge in [0.1, 0.15) is 16.3 Å². The summed E-state index contributed by atoms with van der Waals surface area (Å²) < 4.78 is 67.3. The van der Waals surface area contributed by atoms with Crippen LogP contribution in [0.15, 0.2) is 46.2 Å². The first-order valence-corrected chi connectivity index (χ1v) is 12.7. The number of ether oxygens (including phenoxy) is 1. The van der Waals surface area contributed by atoms with Gasteiger partial charge in [0.05, 0.1) is 10.5 Å². The van der Waals surface area contributed by atoms with Gasteiger partial charge in [-0.25, -0.2) is 26.0 Å². The Morgan fingerprint density at radius 1 is 0.867 bits per heavy atom. The molecule has 2 aromatic carbocycles. The van der Waals surface area contributed by atoms with Gasteiger partial charge >= 0.3 is 5.97 Å². The van der Waals surface area contributed by atoms with Crippen molar-refractivity contribution in [3.05, 3.63) is 58.9 Å². The van der Waals surface area contributed by atoms with Crippen LogP contribution in [0.25, 0.3) is 11.1 Å². The number of carbonyl (C=O) groups excluding carboxylic acids is 1. The number of halogens is 1. The second-order valence-corrected chi connectivity index (χ2v) is 11.8. The van der Waals surface area contributed by atoms with Gasteiger partial charge in [0, 0.05) is 18.1 Å². The van der Waals surface area contributed by atoms with Gasteiger partial charge in [-0.15, -0.1) is 0 Å². The maximum atomic E-state index is 14.5. The summed E-state index contributed by atoms with van der Waals surface area (Å²) in [5.41, 5.74) is 0.647. The maximum absolute atomic E-state index is 14.5. The van der Waals surface area contributed by atoms with Gasteiger partial charge in [0.2, 0.25) is 0 Å². The highest BCUT2D eigenvalue weighted by molar-refractivity contribution is 7.91. The number of hydrogen-bond acceptors (Lipinski definition) is 6. The lowest BCUT2D eigenvalue weighted by molar-refractivity contribution is -0.141. The molecule has 160 valence electrons. The van der Waals surface area contributed by atoms with Crippen molar-refractivity contribution in [2.75, 3.05) is 12.5 Å². The normalized spacial score (nSPS) is 16.7. The number of hydrogen-bond donors (Lipinski definition) is 0. The van der Waals surface area contributed by atoms with Crippen molar-refractivity contribution >= 4 is 36.8 Å². The first kappa shape index (κ1) is 22.2. The first-order chi connectivity index (χ1) is 13.6. The van der Waals surface area contributed by atoms with E-state index < -0.39 is 42.0 Å². The van der Waals surface area contributed by atoms with E-state index in [0.29, 0.717) is 22.3 Å². The molecule has 0 aromatic heterocycles. The van der Waals surface area contributed by atoms with E-state index in [-0.39, 0.29) is 10.5 Å². The van der Waals surface area contributed by atoms with E-state index in [4.69, 9.17) is 4.74 Å². The van der Waals surface area contributed by atoms with Crippen LogP contribution >= 0.6 is 0 Å². The number of carbonyl (C=O) groups is 1. The minimum absolute atomic E-state index is 0.141. The first-order valence-electron chi connectivity index (χ1n) is 8.92. The number of sulfone groups is 2. The van der Waals surface area contributed by atoms with Crippen molar-refractivity contribution in [3.63, 3.8) is 0 Å². The van der Waals surface area contributed by atoms with E-state index in [1.165, 1.54) is 18.2 Å². The Labute approximate surface area is 175 Å². The van der Waals surface area contributed by atoms with Crippen LogP contribution in [0.3, 0.4) is 0 Å². The molecule has 0 atom stereocenters. The van der Waals surface area contributed by atoms with Crippen LogP contribution in [0, 0.1) is 12.7 Å². The molecular formula is C21H21FO6S2. The minimum Gasteiger partial charge on any atom is -0.451 e. The fourth-order valence-corrected chi connectivity index (χ4v) is 5.36. The number of aryl methyl sites for hydroxylation is 1. The monoisotopic (exact) mass is 452 g/mol. The SMILES string of the molecule is Cc1cc(C2=C(c3ccc(S(C)(=O)=O)c(F)c3)C(C)(C)OC2=O)ccc1S(C)(=O)=O. The Morgan fingerprint density at radius 3 is 1.90 bits per heavy atom. The molecule has 0 aliphatic carbocycles. The van der Waals surface area contributed by atoms with Gasteiger partial charge in [-0.05, 0) is 61.7 Å². The maximum Gasteiger partial charge on any atom is 0.340 e. The van der Waals surface area contributed by atoms with Gasteiger partial charge in [-0.3, -0.25) is 0 Å². The van der Waals surface area contributed by atoms with Crippen molar-refractivity contribution in [2.45, 2.75) is 36.2 Å². The fourth-order valence-electron chi connectivity index (χ4n) is 3.67. The summed E-state index contributed by atoms with van der Waals surface area (Å²) in [5.74, 6) is -1.56. The Balaban J connectivity index is 2.28. The topological polar surface area (TPSA) is 94.6 Å². The predicted octanol–water partition coefficient (Wildman–Crippen LogP) is 3.19. The molecule has 0 unspecified atom stereocenters. The molecule has 0 bridgehead atoms. The summed E-state index contributed by atoms with van der Waals surface area (Å²) in [5, 5.41) is 0. The summed E-state index contributed by atoms with van der Waals surface area (Å²) in [7, 11) is -7.19. The molecule has 1 aliphatic heterocycles. The summed E-state index contributed by atoms with van der Waals surface area (Å²) in [4.78, 5) is 12.4. The largest absolute Gasteiger partial charge is 0.451 e. The number of cyclic esters (lactones) is 1. The Morgan fingerprint density at radius 2 is 1.40 bits per heavy atom. The van der Waals surface area contributed by atoms with Crippen LogP contribution in [0.2, 0.25) is 0 Å². The zero-order valence-electron chi connectivity index (χ0n) is 17.1. The third-order valence-corrected chi connectivity index (χ3v) is 7.27. The van der Waals surface area contributed by atoms with Crippen molar-refractivity contribution in [1.82, 2.24) is 0 Å². The minimum atomic E-state index is -3.75. The van der Waals surface area contributed by atoms with E-state index in [0.717, 1.165) is 24.6 Å². The van der Waals surface area contributed by atoms with E-state index in [1.807, 2.05) is 0 Å². The second kappa shape index (κ2) is 7.02. The van der Waals surface area contributed by atoms with Crippen molar-refractivity contribution in [2.24, 2.45) is 0 Å². The number of benzene rings is 2. The van der Waals surface area contributed by atoms with Crippen LogP contribution < -0.4 is 0 Å². The van der Waals surface area contributed by atoms with Crippen LogP contribution in [-0.2, 0) is 29.2 Å². The van der Waals surface area contributed by atoms with E-state index in [9.17, 15) is 26.0 Å². The van der Waals surface area contributed by atoms with Crippen molar-refractivity contribution in [1.29, 1.82) is 0 Å². The highest BCUT2D eigenvalue weighted by Gasteiger charge is 2.42. The number of esters is 1. The molecule has 1 heterocycles. The van der Waals surface area contributed by atoms with Gasteiger partial charge in [0.15, 0.2) is 19.7 Å². The molecule has 30 heavy (non-hydrogen) atoms. The lowest BCUT2D eigenvalue weighted by Gasteiger charge is -2.22. The lowest BCUT2D eigenvalue weighted by Crippen LogP contribution is -2.22. The zero-order valence-corrected chi connectivity index (χ0v) is 18.7. The van der Waals surface area contributed by atoms with Gasteiger partial charge < -0.3 is 4.74 Å². The zero-order chi connectivity index (χ0) is 22.6. The standard InChI is InChI=1S/C21H21FO6S2/c1-12-10-13(6-8-16(12)29(4,24)25)18-19(21(2,3)28-20(18)23)14-7-9-17(15(22)11-14)30(5,26)27/h6-11H,1-5H3. The molecule has 0 saturated heterocycles. The van der Waals surface area contributed by atoms with Crippen LogP contribution in [0.4, 0.5) is 4.39 Å². The van der Waals surface area contributed by atoms with E-state index >= 15 is 0 Å². The average molecular weight is 453 g/mol. The molecule has 6 nitrogen and oxygen atoms in total. The average Bonchev–Trinajstić information content (AvgIpc) is 2.80. The molecule has 0 fully saturated rings. The summed E-state index contributed by atoms with van der Waals surface area (Å²) >= 11 is 0. The third kappa shape index (κ3) is 3.91. The smallest absolute Gasteiger partial charge is 0.340 e. The molecule has 0 saturated carbocycles. The molecule has 2 aromatic rings. The van der Waals surface area contributed by atoms with Crippen molar-refractivity contribution < 1.29 is 30.8 Å². The van der Waals surface area contributed by atoms with Gasteiger partial charge in [0.25, 0.3) is 0 Å². The molecule has 0 N–H and O–H groups in total. The summed E-state index contributed by atoms with van der Waals surface area (Å²) in [6.45, 7) is 4.91. The molecule has 1 aliphatic rings. The number of rotatable bonds is 4. The van der Waals surface area contributed by atoms with E-state index in [1.54, 1.807) is 26.8 Å². The highest BCUT2D eigenvalue weighted by Crippen LogP contribution is 2.44. The van der Waals surface area contributed by atoms with Crippen LogP contribution in [0.1, 0.15) is 30.5 Å². The molecule has 0 spiro atoms. The third-order valence-electron chi connectivity index (χ3n) is 4.89. The Kier molecular flexibility index (Phi) is 5.19. The molecular weight excluding hydrogens is 431 g/mol. The summed E-state index contributed by atoms with van der Waals surface area (Å²) in [6.07, 6.45) is 2.01. The van der Waals surface area contributed by atoms with Crippen molar-refractivity contribution in [3.8, 4) is 0 Å². The Hall–Kier alpha value is -2.52. The Bertz CT molecular complexity index is 1320. The van der Waals surface area contributed by atoms with Gasteiger partial charge in [-0.2, -0.15) is 0 Å². The van der Waals surface area contributed by atoms with Gasteiger partial charge in [-0.1, -0.05) is 12.1 Å².